The number of imidazole rings is 1. The number of amides is 1. The van der Waals surface area contributed by atoms with Crippen molar-refractivity contribution in [3.05, 3.63) is 46.4 Å². The first-order valence-corrected chi connectivity index (χ1v) is 9.98. The topological polar surface area (TPSA) is 107 Å². The van der Waals surface area contributed by atoms with Crippen molar-refractivity contribution >= 4 is 40.4 Å². The number of ether oxygens (including phenoxy) is 1. The SMILES string of the molecule is NC1NC(Cl)=Nc2c1ncn2CCCCOC(=O)NCc1ccc(Cl)c(C(F)(F)F)c1. The molecule has 4 N–H and O–H groups in total. The summed E-state index contributed by atoms with van der Waals surface area (Å²) in [4.78, 5) is 20.2. The second-order valence-electron chi connectivity index (χ2n) is 6.68. The van der Waals surface area contributed by atoms with Gasteiger partial charge in [0.25, 0.3) is 0 Å². The third-order valence-corrected chi connectivity index (χ3v) is 4.93. The van der Waals surface area contributed by atoms with Gasteiger partial charge in [-0.1, -0.05) is 17.7 Å². The van der Waals surface area contributed by atoms with Crippen LogP contribution in [0.5, 0.6) is 0 Å². The standard InChI is InChI=1S/C18H19Cl2F3N6O2/c19-12-4-3-10(7-11(12)18(21,22)23)8-25-17(30)31-6-2-1-5-29-9-26-13-14(24)27-16(20)28-15(13)29/h3-4,7,9,14H,1-2,5-6,8,24H2,(H,25,30)(H,27,28). The zero-order chi connectivity index (χ0) is 22.6. The minimum atomic E-state index is -4.57. The van der Waals surface area contributed by atoms with Crippen LogP contribution < -0.4 is 16.4 Å². The summed E-state index contributed by atoms with van der Waals surface area (Å²) in [6, 6.07) is 3.44. The zero-order valence-electron chi connectivity index (χ0n) is 16.0. The number of unbranched alkanes of at least 4 members (excludes halogenated alkanes) is 1. The summed E-state index contributed by atoms with van der Waals surface area (Å²) in [5, 5.41) is 4.96. The number of hydrogen-bond acceptors (Lipinski definition) is 6. The van der Waals surface area contributed by atoms with Crippen molar-refractivity contribution in [3.8, 4) is 0 Å². The maximum Gasteiger partial charge on any atom is 0.417 e. The van der Waals surface area contributed by atoms with E-state index >= 15 is 0 Å². The lowest BCUT2D eigenvalue weighted by molar-refractivity contribution is -0.137. The fourth-order valence-corrected chi connectivity index (χ4v) is 3.31. The first-order chi connectivity index (χ1) is 14.6. The van der Waals surface area contributed by atoms with E-state index in [2.05, 4.69) is 20.6 Å². The Balaban J connectivity index is 1.39. The molecule has 8 nitrogen and oxygen atoms in total. The maximum absolute atomic E-state index is 12.9. The Kier molecular flexibility index (Phi) is 7.29. The predicted octanol–water partition coefficient (Wildman–Crippen LogP) is 4.05. The molecular formula is C18H19Cl2F3N6O2. The number of aryl methyl sites for hydroxylation is 1. The van der Waals surface area contributed by atoms with Crippen molar-refractivity contribution in [2.24, 2.45) is 10.7 Å². The van der Waals surface area contributed by atoms with Gasteiger partial charge in [0.05, 0.1) is 23.5 Å². The molecule has 1 atom stereocenters. The molecule has 0 saturated carbocycles. The molecule has 0 fully saturated rings. The number of nitrogens with two attached hydrogens (primary N) is 1. The molecule has 1 unspecified atom stereocenters. The smallest absolute Gasteiger partial charge is 0.417 e. The summed E-state index contributed by atoms with van der Waals surface area (Å²) in [5.41, 5.74) is 5.78. The molecule has 1 amide bonds. The first kappa shape index (κ1) is 23.2. The van der Waals surface area contributed by atoms with E-state index < -0.39 is 29.0 Å². The third kappa shape index (κ3) is 6.02. The number of alkyl halides is 3. The van der Waals surface area contributed by atoms with Crippen LogP contribution >= 0.6 is 23.2 Å². The van der Waals surface area contributed by atoms with Crippen molar-refractivity contribution in [2.45, 2.75) is 38.3 Å². The lowest BCUT2D eigenvalue weighted by Crippen LogP contribution is -2.34. The van der Waals surface area contributed by atoms with Crippen LogP contribution in [0.25, 0.3) is 0 Å². The van der Waals surface area contributed by atoms with Crippen LogP contribution in [0.4, 0.5) is 23.8 Å². The van der Waals surface area contributed by atoms with Crippen LogP contribution in [0, 0.1) is 0 Å². The highest BCUT2D eigenvalue weighted by Crippen LogP contribution is 2.35. The second kappa shape index (κ2) is 9.75. The molecule has 168 valence electrons. The highest BCUT2D eigenvalue weighted by molar-refractivity contribution is 6.65. The Morgan fingerprint density at radius 1 is 1.32 bits per heavy atom. The number of nitrogens with one attached hydrogen (secondary N) is 2. The number of fused-ring (bicyclic) bond motifs is 1. The Hall–Kier alpha value is -2.50. The number of carbonyl (C=O) groups excluding carboxylic acids is 1. The highest BCUT2D eigenvalue weighted by atomic mass is 35.5. The Bertz CT molecular complexity index is 980. The summed E-state index contributed by atoms with van der Waals surface area (Å²) in [5.74, 6) is 0.580. The molecule has 0 saturated heterocycles. The number of aliphatic imine (C=N–C) groups is 1. The second-order valence-corrected chi connectivity index (χ2v) is 7.45. The van der Waals surface area contributed by atoms with E-state index in [0.717, 1.165) is 12.1 Å². The van der Waals surface area contributed by atoms with Crippen molar-refractivity contribution in [1.29, 1.82) is 0 Å². The molecular weight excluding hydrogens is 460 g/mol. The van der Waals surface area contributed by atoms with E-state index in [-0.39, 0.29) is 24.0 Å². The number of halogens is 5. The van der Waals surface area contributed by atoms with Crippen LogP contribution in [-0.4, -0.2) is 27.5 Å². The van der Waals surface area contributed by atoms with E-state index in [0.29, 0.717) is 30.9 Å². The minimum Gasteiger partial charge on any atom is -0.450 e. The molecule has 1 aliphatic rings. The number of aromatic nitrogens is 2. The van der Waals surface area contributed by atoms with Crippen LogP contribution in [0.15, 0.2) is 29.5 Å². The number of hydrogen-bond donors (Lipinski definition) is 3. The van der Waals surface area contributed by atoms with Gasteiger partial charge in [0, 0.05) is 13.1 Å². The largest absolute Gasteiger partial charge is 0.450 e. The molecule has 0 aliphatic carbocycles. The van der Waals surface area contributed by atoms with Gasteiger partial charge >= 0.3 is 12.3 Å². The van der Waals surface area contributed by atoms with Gasteiger partial charge in [0.1, 0.15) is 11.9 Å². The van der Waals surface area contributed by atoms with Crippen molar-refractivity contribution in [1.82, 2.24) is 20.2 Å². The van der Waals surface area contributed by atoms with Gasteiger partial charge in [-0.15, -0.1) is 0 Å². The van der Waals surface area contributed by atoms with E-state index in [1.807, 2.05) is 0 Å². The number of amidine groups is 1. The molecule has 3 rings (SSSR count). The average molecular weight is 479 g/mol. The van der Waals surface area contributed by atoms with Crippen LogP contribution in [0.2, 0.25) is 5.02 Å². The number of nitrogens with zero attached hydrogens (tertiary/aromatic N) is 3. The molecule has 31 heavy (non-hydrogen) atoms. The van der Waals surface area contributed by atoms with Crippen LogP contribution in [0.1, 0.15) is 35.8 Å². The molecule has 2 heterocycles. The van der Waals surface area contributed by atoms with E-state index in [1.165, 1.54) is 6.07 Å². The lowest BCUT2D eigenvalue weighted by Gasteiger charge is -2.18. The van der Waals surface area contributed by atoms with Gasteiger partial charge in [0.2, 0.25) is 0 Å². The molecule has 1 aromatic carbocycles. The normalized spacial score (nSPS) is 15.7. The molecule has 2 aromatic rings. The molecule has 0 bridgehead atoms. The van der Waals surface area contributed by atoms with Crippen LogP contribution in [0.3, 0.4) is 0 Å². The van der Waals surface area contributed by atoms with Gasteiger partial charge in [-0.2, -0.15) is 13.2 Å². The quantitative estimate of drug-likeness (QED) is 0.411. The van der Waals surface area contributed by atoms with E-state index in [9.17, 15) is 18.0 Å². The van der Waals surface area contributed by atoms with Gasteiger partial charge in [-0.05, 0) is 42.1 Å². The summed E-state index contributed by atoms with van der Waals surface area (Å²) in [6.45, 7) is 0.592. The number of benzene rings is 1. The molecule has 0 radical (unpaired) electrons. The minimum absolute atomic E-state index is 0.118. The summed E-state index contributed by atoms with van der Waals surface area (Å²) in [6.07, 6.45) is -2.99. The molecule has 13 heteroatoms. The summed E-state index contributed by atoms with van der Waals surface area (Å²) < 4.78 is 45.5. The van der Waals surface area contributed by atoms with E-state index in [1.54, 1.807) is 10.9 Å². The number of carbonyl (C=O) groups is 1. The molecule has 0 spiro atoms. The van der Waals surface area contributed by atoms with Crippen molar-refractivity contribution in [3.63, 3.8) is 0 Å². The highest BCUT2D eigenvalue weighted by Gasteiger charge is 2.33. The fraction of sp³-hybridized carbons (Fsp3) is 0.389. The van der Waals surface area contributed by atoms with Crippen molar-refractivity contribution < 1.29 is 22.7 Å². The van der Waals surface area contributed by atoms with Gasteiger partial charge in [-0.25, -0.2) is 14.8 Å². The maximum atomic E-state index is 12.9. The van der Waals surface area contributed by atoms with Crippen LogP contribution in [-0.2, 0) is 24.0 Å². The zero-order valence-corrected chi connectivity index (χ0v) is 17.6. The summed E-state index contributed by atoms with van der Waals surface area (Å²) >= 11 is 11.5. The van der Waals surface area contributed by atoms with Gasteiger partial charge in [-0.3, -0.25) is 0 Å². The fourth-order valence-electron chi connectivity index (χ4n) is 2.89. The van der Waals surface area contributed by atoms with E-state index in [4.69, 9.17) is 33.7 Å². The monoisotopic (exact) mass is 478 g/mol. The lowest BCUT2D eigenvalue weighted by atomic mass is 10.1. The number of alkyl carbamates (subject to hydrolysis) is 1. The van der Waals surface area contributed by atoms with Gasteiger partial charge in [0.15, 0.2) is 11.1 Å². The molecule has 1 aliphatic heterocycles. The Morgan fingerprint density at radius 3 is 2.84 bits per heavy atom. The third-order valence-electron chi connectivity index (χ3n) is 4.41. The number of rotatable bonds is 7. The van der Waals surface area contributed by atoms with Crippen molar-refractivity contribution in [2.75, 3.05) is 6.61 Å². The first-order valence-electron chi connectivity index (χ1n) is 9.22. The average Bonchev–Trinajstić information content (AvgIpc) is 3.09. The predicted molar refractivity (Wildman–Crippen MR) is 109 cm³/mol. The Morgan fingerprint density at radius 2 is 2.10 bits per heavy atom. The summed E-state index contributed by atoms with van der Waals surface area (Å²) in [7, 11) is 0. The van der Waals surface area contributed by atoms with Gasteiger partial charge < -0.3 is 25.7 Å². The Labute approximate surface area is 185 Å². The molecule has 1 aromatic heterocycles.